The quantitative estimate of drug-likeness (QED) is 0.811. The molecule has 90 valence electrons. The van der Waals surface area contributed by atoms with Crippen LogP contribution in [0.3, 0.4) is 0 Å². The summed E-state index contributed by atoms with van der Waals surface area (Å²) in [5.41, 5.74) is 1.87. The number of phenols is 1. The van der Waals surface area contributed by atoms with Gasteiger partial charge in [0.1, 0.15) is 5.75 Å². The molecule has 0 aromatic heterocycles. The number of aromatic hydroxyl groups is 1. The Morgan fingerprint density at radius 1 is 1.38 bits per heavy atom. The van der Waals surface area contributed by atoms with Gasteiger partial charge in [-0.2, -0.15) is 0 Å². The third-order valence-corrected chi connectivity index (χ3v) is 3.02. The van der Waals surface area contributed by atoms with Crippen molar-refractivity contribution in [3.8, 4) is 5.75 Å². The SMILES string of the molecule is Cc1cc(Br)cc(CNCCC(C)C)c1O. The van der Waals surface area contributed by atoms with E-state index in [1.54, 1.807) is 0 Å². The first-order chi connectivity index (χ1) is 7.50. The Balaban J connectivity index is 2.53. The van der Waals surface area contributed by atoms with E-state index in [4.69, 9.17) is 0 Å². The maximum Gasteiger partial charge on any atom is 0.123 e. The third kappa shape index (κ3) is 4.14. The summed E-state index contributed by atoms with van der Waals surface area (Å²) in [5.74, 6) is 1.12. The number of phenolic OH excluding ortho intramolecular Hbond substituents is 1. The van der Waals surface area contributed by atoms with Gasteiger partial charge in [-0.1, -0.05) is 29.8 Å². The Labute approximate surface area is 106 Å². The topological polar surface area (TPSA) is 32.3 Å². The molecule has 1 aromatic rings. The van der Waals surface area contributed by atoms with E-state index >= 15 is 0 Å². The first kappa shape index (κ1) is 13.5. The summed E-state index contributed by atoms with van der Waals surface area (Å²) in [7, 11) is 0. The van der Waals surface area contributed by atoms with Crippen molar-refractivity contribution in [2.24, 2.45) is 5.92 Å². The smallest absolute Gasteiger partial charge is 0.123 e. The molecule has 0 saturated carbocycles. The molecular formula is C13H20BrNO. The Bertz CT molecular complexity index is 350. The lowest BCUT2D eigenvalue weighted by Crippen LogP contribution is -2.16. The molecular weight excluding hydrogens is 266 g/mol. The van der Waals surface area contributed by atoms with E-state index in [0.29, 0.717) is 11.7 Å². The van der Waals surface area contributed by atoms with Gasteiger partial charge in [-0.3, -0.25) is 0 Å². The zero-order chi connectivity index (χ0) is 12.1. The second-order valence-electron chi connectivity index (χ2n) is 4.59. The summed E-state index contributed by atoms with van der Waals surface area (Å²) >= 11 is 3.44. The van der Waals surface area contributed by atoms with Crippen molar-refractivity contribution < 1.29 is 5.11 Å². The summed E-state index contributed by atoms with van der Waals surface area (Å²) in [4.78, 5) is 0. The maximum absolute atomic E-state index is 9.87. The van der Waals surface area contributed by atoms with Crippen LogP contribution in [-0.4, -0.2) is 11.7 Å². The Morgan fingerprint density at radius 2 is 2.06 bits per heavy atom. The molecule has 0 fully saturated rings. The van der Waals surface area contributed by atoms with E-state index in [2.05, 4.69) is 35.1 Å². The fourth-order valence-electron chi connectivity index (χ4n) is 1.55. The van der Waals surface area contributed by atoms with Crippen molar-refractivity contribution >= 4 is 15.9 Å². The molecule has 0 saturated heterocycles. The van der Waals surface area contributed by atoms with Crippen molar-refractivity contribution in [3.63, 3.8) is 0 Å². The van der Waals surface area contributed by atoms with Gasteiger partial charge in [0.25, 0.3) is 0 Å². The van der Waals surface area contributed by atoms with E-state index in [1.807, 2.05) is 19.1 Å². The summed E-state index contributed by atoms with van der Waals surface area (Å²) in [6, 6.07) is 3.89. The number of hydrogen-bond donors (Lipinski definition) is 2. The number of rotatable bonds is 5. The Kier molecular flexibility index (Phi) is 5.29. The van der Waals surface area contributed by atoms with E-state index in [0.717, 1.165) is 35.1 Å². The molecule has 0 aliphatic carbocycles. The highest BCUT2D eigenvalue weighted by molar-refractivity contribution is 9.10. The van der Waals surface area contributed by atoms with Gasteiger partial charge in [-0.15, -0.1) is 0 Å². The lowest BCUT2D eigenvalue weighted by molar-refractivity contribution is 0.457. The summed E-state index contributed by atoms with van der Waals surface area (Å²) in [6.07, 6.45) is 1.16. The molecule has 2 N–H and O–H groups in total. The van der Waals surface area contributed by atoms with Crippen LogP contribution in [0.2, 0.25) is 0 Å². The molecule has 2 nitrogen and oxygen atoms in total. The molecule has 3 heteroatoms. The van der Waals surface area contributed by atoms with Crippen LogP contribution < -0.4 is 5.32 Å². The molecule has 0 amide bonds. The highest BCUT2D eigenvalue weighted by Crippen LogP contribution is 2.26. The monoisotopic (exact) mass is 285 g/mol. The van der Waals surface area contributed by atoms with Gasteiger partial charge in [-0.25, -0.2) is 0 Å². The van der Waals surface area contributed by atoms with Crippen LogP contribution in [0.5, 0.6) is 5.75 Å². The highest BCUT2D eigenvalue weighted by atomic mass is 79.9. The first-order valence-electron chi connectivity index (χ1n) is 5.69. The number of halogens is 1. The van der Waals surface area contributed by atoms with E-state index in [-0.39, 0.29) is 0 Å². The van der Waals surface area contributed by atoms with Gasteiger partial charge in [0.05, 0.1) is 0 Å². The van der Waals surface area contributed by atoms with Crippen molar-refractivity contribution in [3.05, 3.63) is 27.7 Å². The lowest BCUT2D eigenvalue weighted by atomic mass is 10.1. The van der Waals surface area contributed by atoms with Crippen molar-refractivity contribution in [2.75, 3.05) is 6.54 Å². The van der Waals surface area contributed by atoms with E-state index in [1.165, 1.54) is 0 Å². The number of benzene rings is 1. The third-order valence-electron chi connectivity index (χ3n) is 2.56. The second-order valence-corrected chi connectivity index (χ2v) is 5.51. The van der Waals surface area contributed by atoms with E-state index in [9.17, 15) is 5.11 Å². The largest absolute Gasteiger partial charge is 0.507 e. The molecule has 0 atom stereocenters. The van der Waals surface area contributed by atoms with Crippen LogP contribution in [0.15, 0.2) is 16.6 Å². The molecule has 0 bridgehead atoms. The van der Waals surface area contributed by atoms with Gasteiger partial charge in [-0.05, 0) is 43.5 Å². The molecule has 0 aliphatic rings. The minimum Gasteiger partial charge on any atom is -0.507 e. The van der Waals surface area contributed by atoms with Gasteiger partial charge in [0.15, 0.2) is 0 Å². The van der Waals surface area contributed by atoms with Gasteiger partial charge >= 0.3 is 0 Å². The molecule has 16 heavy (non-hydrogen) atoms. The van der Waals surface area contributed by atoms with Gasteiger partial charge < -0.3 is 10.4 Å². The number of hydrogen-bond acceptors (Lipinski definition) is 2. The molecule has 0 heterocycles. The Morgan fingerprint density at radius 3 is 2.69 bits per heavy atom. The minimum atomic E-state index is 0.403. The number of nitrogens with one attached hydrogen (secondary N) is 1. The summed E-state index contributed by atoms with van der Waals surface area (Å²) in [5, 5.41) is 13.2. The van der Waals surface area contributed by atoms with Gasteiger partial charge in [0.2, 0.25) is 0 Å². The van der Waals surface area contributed by atoms with Crippen LogP contribution in [0.25, 0.3) is 0 Å². The zero-order valence-electron chi connectivity index (χ0n) is 10.2. The van der Waals surface area contributed by atoms with Crippen LogP contribution in [-0.2, 0) is 6.54 Å². The predicted molar refractivity (Wildman–Crippen MR) is 71.7 cm³/mol. The number of aryl methyl sites for hydroxylation is 1. The highest BCUT2D eigenvalue weighted by Gasteiger charge is 2.05. The average Bonchev–Trinajstić information content (AvgIpc) is 2.19. The Hall–Kier alpha value is -0.540. The fourth-order valence-corrected chi connectivity index (χ4v) is 2.17. The van der Waals surface area contributed by atoms with Gasteiger partial charge in [0, 0.05) is 16.6 Å². The normalized spacial score (nSPS) is 11.1. The minimum absolute atomic E-state index is 0.403. The molecule has 0 unspecified atom stereocenters. The maximum atomic E-state index is 9.87. The van der Waals surface area contributed by atoms with E-state index < -0.39 is 0 Å². The van der Waals surface area contributed by atoms with Crippen LogP contribution >= 0.6 is 15.9 Å². The fraction of sp³-hybridized carbons (Fsp3) is 0.538. The zero-order valence-corrected chi connectivity index (χ0v) is 11.8. The van der Waals surface area contributed by atoms with Crippen molar-refractivity contribution in [2.45, 2.75) is 33.7 Å². The molecule has 0 radical (unpaired) electrons. The standard InChI is InChI=1S/C13H20BrNO/c1-9(2)4-5-15-8-11-7-12(14)6-10(3)13(11)16/h6-7,9,15-16H,4-5,8H2,1-3H3. The van der Waals surface area contributed by atoms with Crippen molar-refractivity contribution in [1.29, 1.82) is 0 Å². The lowest BCUT2D eigenvalue weighted by Gasteiger charge is -2.10. The predicted octanol–water partition coefficient (Wildman–Crippen LogP) is 3.60. The molecule has 1 aromatic carbocycles. The van der Waals surface area contributed by atoms with Crippen LogP contribution in [0, 0.1) is 12.8 Å². The summed E-state index contributed by atoms with van der Waals surface area (Å²) < 4.78 is 1.02. The molecule has 1 rings (SSSR count). The van der Waals surface area contributed by atoms with Crippen molar-refractivity contribution in [1.82, 2.24) is 5.32 Å². The summed E-state index contributed by atoms with van der Waals surface area (Å²) in [6.45, 7) is 8.05. The average molecular weight is 286 g/mol. The van der Waals surface area contributed by atoms with Crippen LogP contribution in [0.1, 0.15) is 31.4 Å². The second kappa shape index (κ2) is 6.26. The molecule has 0 spiro atoms. The molecule has 0 aliphatic heterocycles. The first-order valence-corrected chi connectivity index (χ1v) is 6.48. The van der Waals surface area contributed by atoms with Crippen LogP contribution in [0.4, 0.5) is 0 Å².